The number of carboxylic acid groups (broad SMARTS) is 1. The van der Waals surface area contributed by atoms with E-state index in [0.29, 0.717) is 10.7 Å². The highest BCUT2D eigenvalue weighted by atomic mass is 35.5. The van der Waals surface area contributed by atoms with Gasteiger partial charge >= 0.3 is 5.97 Å². The molecule has 0 fully saturated rings. The quantitative estimate of drug-likeness (QED) is 0.853. The number of halogens is 1. The predicted molar refractivity (Wildman–Crippen MR) is 72.1 cm³/mol. The van der Waals surface area contributed by atoms with E-state index in [9.17, 15) is 4.79 Å². The van der Waals surface area contributed by atoms with E-state index in [4.69, 9.17) is 16.7 Å². The minimum Gasteiger partial charge on any atom is -0.478 e. The number of hydrogen-bond donors (Lipinski definition) is 1. The van der Waals surface area contributed by atoms with Crippen LogP contribution in [0.3, 0.4) is 0 Å². The van der Waals surface area contributed by atoms with Crippen molar-refractivity contribution in [3.8, 4) is 0 Å². The first-order valence-corrected chi connectivity index (χ1v) is 5.67. The summed E-state index contributed by atoms with van der Waals surface area (Å²) in [6.45, 7) is 0. The molecule has 0 aliphatic carbocycles. The predicted octanol–water partition coefficient (Wildman–Crippen LogP) is 3.79. The summed E-state index contributed by atoms with van der Waals surface area (Å²) >= 11 is 5.99. The molecule has 18 heavy (non-hydrogen) atoms. The Morgan fingerprint density at radius 3 is 2.50 bits per heavy atom. The number of aromatic carboxylic acids is 1. The van der Waals surface area contributed by atoms with Crippen molar-refractivity contribution >= 4 is 29.5 Å². The van der Waals surface area contributed by atoms with Gasteiger partial charge in [-0.15, -0.1) is 0 Å². The van der Waals surface area contributed by atoms with Crippen molar-refractivity contribution in [1.29, 1.82) is 0 Å². The summed E-state index contributed by atoms with van der Waals surface area (Å²) in [7, 11) is 0. The molecule has 0 saturated heterocycles. The molecule has 0 aliphatic rings. The van der Waals surface area contributed by atoms with Crippen LogP contribution in [-0.4, -0.2) is 17.3 Å². The molecule has 0 unspecified atom stereocenters. The maximum Gasteiger partial charge on any atom is 0.337 e. The molecule has 0 aromatic heterocycles. The maximum absolute atomic E-state index is 11.0. The monoisotopic (exact) mass is 259 g/mol. The zero-order valence-corrected chi connectivity index (χ0v) is 10.1. The molecule has 4 heteroatoms. The van der Waals surface area contributed by atoms with Crippen LogP contribution >= 0.6 is 11.6 Å². The lowest BCUT2D eigenvalue weighted by atomic mass is 10.2. The van der Waals surface area contributed by atoms with E-state index < -0.39 is 5.97 Å². The fraction of sp³-hybridized carbons (Fsp3) is 0. The van der Waals surface area contributed by atoms with E-state index in [1.165, 1.54) is 6.07 Å². The van der Waals surface area contributed by atoms with Crippen molar-refractivity contribution in [3.05, 3.63) is 64.7 Å². The van der Waals surface area contributed by atoms with Gasteiger partial charge in [0.25, 0.3) is 0 Å². The number of hydrogen-bond acceptors (Lipinski definition) is 2. The topological polar surface area (TPSA) is 49.7 Å². The van der Waals surface area contributed by atoms with Crippen LogP contribution in [0.2, 0.25) is 5.02 Å². The molecule has 0 atom stereocenters. The van der Waals surface area contributed by atoms with Gasteiger partial charge in [-0.25, -0.2) is 4.79 Å². The molecule has 0 radical (unpaired) electrons. The molecule has 90 valence electrons. The number of para-hydroxylation sites is 1. The van der Waals surface area contributed by atoms with Crippen LogP contribution in [0.5, 0.6) is 0 Å². The summed E-state index contributed by atoms with van der Waals surface area (Å²) in [4.78, 5) is 15.2. The summed E-state index contributed by atoms with van der Waals surface area (Å²) in [6, 6.07) is 13.8. The van der Waals surface area contributed by atoms with Crippen molar-refractivity contribution in [2.24, 2.45) is 4.99 Å². The van der Waals surface area contributed by atoms with Crippen LogP contribution in [0, 0.1) is 0 Å². The van der Waals surface area contributed by atoms with E-state index in [2.05, 4.69) is 4.99 Å². The van der Waals surface area contributed by atoms with Gasteiger partial charge in [-0.2, -0.15) is 0 Å². The highest BCUT2D eigenvalue weighted by Crippen LogP contribution is 2.19. The van der Waals surface area contributed by atoms with Crippen LogP contribution in [0.1, 0.15) is 15.9 Å². The van der Waals surface area contributed by atoms with Crippen molar-refractivity contribution < 1.29 is 9.90 Å². The van der Waals surface area contributed by atoms with Crippen molar-refractivity contribution in [1.82, 2.24) is 0 Å². The lowest BCUT2D eigenvalue weighted by molar-refractivity contribution is 0.0698. The Morgan fingerprint density at radius 1 is 1.11 bits per heavy atom. The number of aliphatic imine (C=N–C) groups is 1. The van der Waals surface area contributed by atoms with Gasteiger partial charge in [0.15, 0.2) is 0 Å². The zero-order chi connectivity index (χ0) is 13.0. The molecular weight excluding hydrogens is 250 g/mol. The molecule has 0 spiro atoms. The Bertz CT molecular complexity index is 608. The normalized spacial score (nSPS) is 10.7. The van der Waals surface area contributed by atoms with Crippen LogP contribution in [0.4, 0.5) is 5.69 Å². The number of carbonyl (C=O) groups is 1. The summed E-state index contributed by atoms with van der Waals surface area (Å²) in [6.07, 6.45) is 1.56. The van der Waals surface area contributed by atoms with Crippen LogP contribution in [-0.2, 0) is 0 Å². The molecule has 0 bridgehead atoms. The fourth-order valence-corrected chi connectivity index (χ4v) is 1.67. The molecule has 2 rings (SSSR count). The Labute approximate surface area is 109 Å². The number of rotatable bonds is 3. The van der Waals surface area contributed by atoms with Gasteiger partial charge in [0.05, 0.1) is 11.3 Å². The fourth-order valence-electron chi connectivity index (χ4n) is 1.49. The number of benzene rings is 2. The Kier molecular flexibility index (Phi) is 3.75. The minimum absolute atomic E-state index is 0.167. The maximum atomic E-state index is 11.0. The van der Waals surface area contributed by atoms with Gasteiger partial charge in [-0.05, 0) is 18.2 Å². The van der Waals surface area contributed by atoms with E-state index in [1.54, 1.807) is 30.5 Å². The van der Waals surface area contributed by atoms with E-state index >= 15 is 0 Å². The SMILES string of the molecule is O=C(O)c1ccccc1/N=C/c1ccccc1Cl. The minimum atomic E-state index is -0.998. The van der Waals surface area contributed by atoms with E-state index in [0.717, 1.165) is 5.56 Å². The molecule has 3 nitrogen and oxygen atoms in total. The average molecular weight is 260 g/mol. The first-order valence-electron chi connectivity index (χ1n) is 5.29. The van der Waals surface area contributed by atoms with E-state index in [-0.39, 0.29) is 5.56 Å². The summed E-state index contributed by atoms with van der Waals surface area (Å²) < 4.78 is 0. The van der Waals surface area contributed by atoms with Crippen LogP contribution in [0.15, 0.2) is 53.5 Å². The third-order valence-electron chi connectivity index (χ3n) is 2.38. The molecule has 2 aromatic rings. The number of carboxylic acids is 1. The van der Waals surface area contributed by atoms with Crippen molar-refractivity contribution in [2.45, 2.75) is 0 Å². The van der Waals surface area contributed by atoms with Gasteiger partial charge in [0, 0.05) is 16.8 Å². The largest absolute Gasteiger partial charge is 0.478 e. The molecule has 2 aromatic carbocycles. The van der Waals surface area contributed by atoms with Gasteiger partial charge in [0.2, 0.25) is 0 Å². The smallest absolute Gasteiger partial charge is 0.337 e. The summed E-state index contributed by atoms with van der Waals surface area (Å²) in [5.74, 6) is -0.998. The van der Waals surface area contributed by atoms with Gasteiger partial charge in [0.1, 0.15) is 0 Å². The third-order valence-corrected chi connectivity index (χ3v) is 2.73. The first kappa shape index (κ1) is 12.3. The average Bonchev–Trinajstić information content (AvgIpc) is 2.38. The highest BCUT2D eigenvalue weighted by Gasteiger charge is 2.07. The standard InChI is InChI=1S/C14H10ClNO2/c15-12-7-3-1-5-10(12)9-16-13-8-4-2-6-11(13)14(17)18/h1-9H,(H,17,18)/b16-9+. The molecule has 0 heterocycles. The van der Waals surface area contributed by atoms with E-state index in [1.807, 2.05) is 18.2 Å². The molecule has 0 amide bonds. The second kappa shape index (κ2) is 5.47. The molecular formula is C14H10ClNO2. The van der Waals surface area contributed by atoms with Crippen LogP contribution < -0.4 is 0 Å². The summed E-state index contributed by atoms with van der Waals surface area (Å²) in [5, 5.41) is 9.60. The zero-order valence-electron chi connectivity index (χ0n) is 9.38. The molecule has 1 N–H and O–H groups in total. The van der Waals surface area contributed by atoms with Crippen molar-refractivity contribution in [3.63, 3.8) is 0 Å². The second-order valence-electron chi connectivity index (χ2n) is 3.60. The Morgan fingerprint density at radius 2 is 1.78 bits per heavy atom. The first-order chi connectivity index (χ1) is 8.68. The van der Waals surface area contributed by atoms with Gasteiger partial charge in [-0.3, -0.25) is 4.99 Å². The van der Waals surface area contributed by atoms with Crippen molar-refractivity contribution in [2.75, 3.05) is 0 Å². The summed E-state index contributed by atoms with van der Waals surface area (Å²) in [5.41, 5.74) is 1.32. The van der Waals surface area contributed by atoms with Gasteiger partial charge in [-0.1, -0.05) is 41.9 Å². The Hall–Kier alpha value is -2.13. The molecule has 0 aliphatic heterocycles. The number of nitrogens with zero attached hydrogens (tertiary/aromatic N) is 1. The highest BCUT2D eigenvalue weighted by molar-refractivity contribution is 6.33. The Balaban J connectivity index is 2.35. The third kappa shape index (κ3) is 2.76. The lowest BCUT2D eigenvalue weighted by Gasteiger charge is -2.00. The van der Waals surface area contributed by atoms with Gasteiger partial charge < -0.3 is 5.11 Å². The second-order valence-corrected chi connectivity index (χ2v) is 4.01. The lowest BCUT2D eigenvalue weighted by Crippen LogP contribution is -1.96. The molecule has 0 saturated carbocycles. The van der Waals surface area contributed by atoms with Crippen LogP contribution in [0.25, 0.3) is 0 Å².